The van der Waals surface area contributed by atoms with Crippen molar-refractivity contribution in [2.45, 2.75) is 31.8 Å². The summed E-state index contributed by atoms with van der Waals surface area (Å²) >= 11 is 0. The van der Waals surface area contributed by atoms with Crippen molar-refractivity contribution in [3.8, 4) is 12.3 Å². The fourth-order valence-electron chi connectivity index (χ4n) is 1.23. The van der Waals surface area contributed by atoms with Crippen LogP contribution in [0, 0.1) is 18.3 Å². The van der Waals surface area contributed by atoms with Crippen molar-refractivity contribution in [2.75, 3.05) is 0 Å². The van der Waals surface area contributed by atoms with Crippen LogP contribution in [0.25, 0.3) is 0 Å². The zero-order chi connectivity index (χ0) is 11.4. The summed E-state index contributed by atoms with van der Waals surface area (Å²) in [6.45, 7) is 1.65. The molecule has 0 radical (unpaired) electrons. The first-order valence-corrected chi connectivity index (χ1v) is 4.80. The minimum atomic E-state index is -0.999. The van der Waals surface area contributed by atoms with Gasteiger partial charge in [-0.2, -0.15) is 0 Å². The first kappa shape index (κ1) is 11.4. The van der Waals surface area contributed by atoms with E-state index < -0.39 is 24.1 Å². The molecule has 2 unspecified atom stereocenters. The Morgan fingerprint density at radius 2 is 2.07 bits per heavy atom. The number of aliphatic carboxylic acids is 1. The number of urea groups is 1. The van der Waals surface area contributed by atoms with E-state index in [0.717, 1.165) is 12.8 Å². The number of amides is 2. The molecule has 0 saturated heterocycles. The topological polar surface area (TPSA) is 78.4 Å². The van der Waals surface area contributed by atoms with E-state index in [9.17, 15) is 9.59 Å². The molecule has 15 heavy (non-hydrogen) atoms. The van der Waals surface area contributed by atoms with E-state index in [1.54, 1.807) is 6.92 Å². The molecule has 0 aliphatic heterocycles. The van der Waals surface area contributed by atoms with Gasteiger partial charge in [-0.15, -0.1) is 6.42 Å². The Labute approximate surface area is 88.2 Å². The average Bonchev–Trinajstić information content (AvgIpc) is 2.96. The van der Waals surface area contributed by atoms with Crippen molar-refractivity contribution in [1.82, 2.24) is 10.6 Å². The SMILES string of the molecule is C#CC(C)NC(=O)NC(C(=O)O)C1CC1. The normalized spacial score (nSPS) is 18.4. The molecule has 82 valence electrons. The van der Waals surface area contributed by atoms with E-state index >= 15 is 0 Å². The van der Waals surface area contributed by atoms with Gasteiger partial charge in [0.25, 0.3) is 0 Å². The molecule has 1 saturated carbocycles. The molecule has 0 spiro atoms. The van der Waals surface area contributed by atoms with Crippen LogP contribution < -0.4 is 10.6 Å². The van der Waals surface area contributed by atoms with Gasteiger partial charge in [-0.3, -0.25) is 0 Å². The van der Waals surface area contributed by atoms with Crippen LogP contribution in [-0.4, -0.2) is 29.2 Å². The quantitative estimate of drug-likeness (QED) is 0.579. The first-order chi connectivity index (χ1) is 7.04. The minimum Gasteiger partial charge on any atom is -0.480 e. The van der Waals surface area contributed by atoms with Crippen LogP contribution in [0.3, 0.4) is 0 Å². The van der Waals surface area contributed by atoms with E-state index in [1.165, 1.54) is 0 Å². The van der Waals surface area contributed by atoms with Gasteiger partial charge in [0.2, 0.25) is 0 Å². The van der Waals surface area contributed by atoms with E-state index in [1.807, 2.05) is 0 Å². The van der Waals surface area contributed by atoms with Crippen LogP contribution in [0.5, 0.6) is 0 Å². The van der Waals surface area contributed by atoms with Crippen molar-refractivity contribution in [3.63, 3.8) is 0 Å². The predicted molar refractivity (Wildman–Crippen MR) is 54.1 cm³/mol. The molecule has 0 bridgehead atoms. The number of carbonyl (C=O) groups is 2. The molecular formula is C10H14N2O3. The van der Waals surface area contributed by atoms with Crippen molar-refractivity contribution in [3.05, 3.63) is 0 Å². The number of hydrogen-bond donors (Lipinski definition) is 3. The van der Waals surface area contributed by atoms with Crippen molar-refractivity contribution >= 4 is 12.0 Å². The van der Waals surface area contributed by atoms with Crippen molar-refractivity contribution in [2.24, 2.45) is 5.92 Å². The molecule has 3 N–H and O–H groups in total. The Bertz CT molecular complexity index is 304. The summed E-state index contributed by atoms with van der Waals surface area (Å²) in [5.41, 5.74) is 0. The lowest BCUT2D eigenvalue weighted by atomic mass is 10.2. The summed E-state index contributed by atoms with van der Waals surface area (Å²) < 4.78 is 0. The molecule has 0 aromatic heterocycles. The second-order valence-electron chi connectivity index (χ2n) is 3.66. The van der Waals surface area contributed by atoms with Gasteiger partial charge in [-0.25, -0.2) is 9.59 Å². The van der Waals surface area contributed by atoms with Gasteiger partial charge >= 0.3 is 12.0 Å². The Kier molecular flexibility index (Phi) is 3.56. The smallest absolute Gasteiger partial charge is 0.326 e. The summed E-state index contributed by atoms with van der Waals surface area (Å²) in [4.78, 5) is 22.1. The van der Waals surface area contributed by atoms with Gasteiger partial charge in [-0.05, 0) is 25.7 Å². The third-order valence-corrected chi connectivity index (χ3v) is 2.24. The fraction of sp³-hybridized carbons (Fsp3) is 0.600. The van der Waals surface area contributed by atoms with Gasteiger partial charge in [0.1, 0.15) is 6.04 Å². The third kappa shape index (κ3) is 3.50. The van der Waals surface area contributed by atoms with E-state index in [4.69, 9.17) is 11.5 Å². The highest BCUT2D eigenvalue weighted by atomic mass is 16.4. The highest BCUT2D eigenvalue weighted by molar-refractivity contribution is 5.83. The second-order valence-corrected chi connectivity index (χ2v) is 3.66. The summed E-state index contributed by atoms with van der Waals surface area (Å²) in [6.07, 6.45) is 6.77. The molecule has 1 rings (SSSR count). The van der Waals surface area contributed by atoms with Gasteiger partial charge < -0.3 is 15.7 Å². The number of carbonyl (C=O) groups excluding carboxylic acids is 1. The summed E-state index contributed by atoms with van der Waals surface area (Å²) in [6, 6.07) is -1.73. The largest absolute Gasteiger partial charge is 0.480 e. The number of terminal acetylenes is 1. The Morgan fingerprint density at radius 3 is 2.47 bits per heavy atom. The minimum absolute atomic E-state index is 0.0643. The summed E-state index contributed by atoms with van der Waals surface area (Å²) in [5, 5.41) is 13.7. The number of carboxylic acids is 1. The molecule has 2 atom stereocenters. The van der Waals surface area contributed by atoms with Gasteiger partial charge in [-0.1, -0.05) is 5.92 Å². The molecule has 2 amide bonds. The number of rotatable bonds is 4. The van der Waals surface area contributed by atoms with Crippen LogP contribution in [0.2, 0.25) is 0 Å². The second kappa shape index (κ2) is 4.69. The molecule has 1 aliphatic carbocycles. The van der Waals surface area contributed by atoms with E-state index in [2.05, 4.69) is 16.6 Å². The molecular weight excluding hydrogens is 196 g/mol. The Morgan fingerprint density at radius 1 is 1.47 bits per heavy atom. The Hall–Kier alpha value is -1.70. The van der Waals surface area contributed by atoms with Crippen LogP contribution in [0.15, 0.2) is 0 Å². The fourth-order valence-corrected chi connectivity index (χ4v) is 1.23. The summed E-state index contributed by atoms with van der Waals surface area (Å²) in [5.74, 6) is 1.39. The van der Waals surface area contributed by atoms with Crippen LogP contribution in [-0.2, 0) is 4.79 Å². The van der Waals surface area contributed by atoms with Crippen LogP contribution in [0.1, 0.15) is 19.8 Å². The zero-order valence-corrected chi connectivity index (χ0v) is 8.49. The molecule has 0 heterocycles. The van der Waals surface area contributed by atoms with Crippen molar-refractivity contribution < 1.29 is 14.7 Å². The van der Waals surface area contributed by atoms with Gasteiger partial charge in [0, 0.05) is 0 Å². The van der Waals surface area contributed by atoms with Gasteiger partial charge in [0.05, 0.1) is 6.04 Å². The van der Waals surface area contributed by atoms with E-state index in [0.29, 0.717) is 0 Å². The molecule has 1 aliphatic rings. The lowest BCUT2D eigenvalue weighted by Gasteiger charge is -2.15. The zero-order valence-electron chi connectivity index (χ0n) is 8.49. The van der Waals surface area contributed by atoms with Crippen molar-refractivity contribution in [1.29, 1.82) is 0 Å². The molecule has 0 aromatic carbocycles. The maximum atomic E-state index is 11.3. The summed E-state index contributed by atoms with van der Waals surface area (Å²) in [7, 11) is 0. The number of hydrogen-bond acceptors (Lipinski definition) is 2. The molecule has 5 nitrogen and oxygen atoms in total. The van der Waals surface area contributed by atoms with E-state index in [-0.39, 0.29) is 5.92 Å². The highest BCUT2D eigenvalue weighted by Gasteiger charge is 2.37. The Balaban J connectivity index is 2.41. The predicted octanol–water partition coefficient (Wildman–Crippen LogP) is 0.170. The van der Waals surface area contributed by atoms with Crippen LogP contribution >= 0.6 is 0 Å². The first-order valence-electron chi connectivity index (χ1n) is 4.80. The lowest BCUT2D eigenvalue weighted by Crippen LogP contribution is -2.49. The standard InChI is InChI=1S/C10H14N2O3/c1-3-6(2)11-10(15)12-8(9(13)14)7-4-5-7/h1,6-8H,4-5H2,2H3,(H,13,14)(H2,11,12,15). The maximum Gasteiger partial charge on any atom is 0.326 e. The molecule has 0 aromatic rings. The average molecular weight is 210 g/mol. The van der Waals surface area contributed by atoms with Gasteiger partial charge in [0.15, 0.2) is 0 Å². The lowest BCUT2D eigenvalue weighted by molar-refractivity contribution is -0.139. The maximum absolute atomic E-state index is 11.3. The molecule has 5 heteroatoms. The third-order valence-electron chi connectivity index (χ3n) is 2.24. The van der Waals surface area contributed by atoms with Crippen LogP contribution in [0.4, 0.5) is 4.79 Å². The highest BCUT2D eigenvalue weighted by Crippen LogP contribution is 2.32. The monoisotopic (exact) mass is 210 g/mol. The molecule has 1 fully saturated rings. The number of nitrogens with one attached hydrogen (secondary N) is 2. The number of carboxylic acid groups (broad SMARTS) is 1.